The third-order valence-corrected chi connectivity index (χ3v) is 4.35. The van der Waals surface area contributed by atoms with Crippen molar-refractivity contribution >= 4 is 5.97 Å². The zero-order valence-corrected chi connectivity index (χ0v) is 11.5. The average molecular weight is 276 g/mol. The van der Waals surface area contributed by atoms with Gasteiger partial charge in [-0.1, -0.05) is 6.07 Å². The molecule has 3 rings (SSSR count). The smallest absolute Gasteiger partial charge is 0.303 e. The SMILES string of the molecule is O=C(O)CC1CCC(c2ccc3c(c2)OCCO3)CC1. The van der Waals surface area contributed by atoms with Crippen molar-refractivity contribution in [1.29, 1.82) is 0 Å². The molecule has 1 aliphatic heterocycles. The minimum atomic E-state index is -0.673. The second-order valence-corrected chi connectivity index (χ2v) is 5.72. The number of hydrogen-bond donors (Lipinski definition) is 1. The predicted molar refractivity (Wildman–Crippen MR) is 74.4 cm³/mol. The van der Waals surface area contributed by atoms with Crippen LogP contribution < -0.4 is 9.47 Å². The molecule has 1 fully saturated rings. The summed E-state index contributed by atoms with van der Waals surface area (Å²) in [4.78, 5) is 10.7. The predicted octanol–water partition coefficient (Wildman–Crippen LogP) is 3.21. The number of fused-ring (bicyclic) bond motifs is 1. The second-order valence-electron chi connectivity index (χ2n) is 5.72. The van der Waals surface area contributed by atoms with Crippen LogP contribution >= 0.6 is 0 Å². The van der Waals surface area contributed by atoms with Crippen molar-refractivity contribution in [2.24, 2.45) is 5.92 Å². The van der Waals surface area contributed by atoms with Gasteiger partial charge in [-0.3, -0.25) is 4.79 Å². The van der Waals surface area contributed by atoms with Gasteiger partial charge in [0.25, 0.3) is 0 Å². The fourth-order valence-electron chi connectivity index (χ4n) is 3.26. The van der Waals surface area contributed by atoms with Gasteiger partial charge < -0.3 is 14.6 Å². The van der Waals surface area contributed by atoms with E-state index >= 15 is 0 Å². The summed E-state index contributed by atoms with van der Waals surface area (Å²) in [5.74, 6) is 1.88. The van der Waals surface area contributed by atoms with E-state index in [2.05, 4.69) is 12.1 Å². The Labute approximate surface area is 118 Å². The maximum absolute atomic E-state index is 10.7. The molecule has 108 valence electrons. The number of aliphatic carboxylic acids is 1. The van der Waals surface area contributed by atoms with E-state index in [1.807, 2.05) is 6.07 Å². The molecule has 0 bridgehead atoms. The third kappa shape index (κ3) is 2.89. The Morgan fingerprint density at radius 2 is 1.80 bits per heavy atom. The van der Waals surface area contributed by atoms with Crippen molar-refractivity contribution in [3.05, 3.63) is 23.8 Å². The Kier molecular flexibility index (Phi) is 3.81. The van der Waals surface area contributed by atoms with Gasteiger partial charge in [-0.05, 0) is 55.2 Å². The van der Waals surface area contributed by atoms with Crippen LogP contribution in [0.2, 0.25) is 0 Å². The summed E-state index contributed by atoms with van der Waals surface area (Å²) >= 11 is 0. The minimum absolute atomic E-state index is 0.313. The van der Waals surface area contributed by atoms with Gasteiger partial charge in [0.05, 0.1) is 0 Å². The van der Waals surface area contributed by atoms with Crippen LogP contribution in [0.3, 0.4) is 0 Å². The fraction of sp³-hybridized carbons (Fsp3) is 0.562. The van der Waals surface area contributed by atoms with Gasteiger partial charge >= 0.3 is 5.97 Å². The number of benzene rings is 1. The molecule has 0 radical (unpaired) electrons. The first kappa shape index (κ1) is 13.3. The van der Waals surface area contributed by atoms with Crippen molar-refractivity contribution in [2.45, 2.75) is 38.0 Å². The van der Waals surface area contributed by atoms with Gasteiger partial charge in [-0.15, -0.1) is 0 Å². The van der Waals surface area contributed by atoms with Crippen LogP contribution in [0.25, 0.3) is 0 Å². The van der Waals surface area contributed by atoms with Crippen molar-refractivity contribution in [3.8, 4) is 11.5 Å². The molecule has 4 heteroatoms. The zero-order chi connectivity index (χ0) is 13.9. The Morgan fingerprint density at radius 1 is 1.10 bits per heavy atom. The van der Waals surface area contributed by atoms with E-state index in [-0.39, 0.29) is 0 Å². The Hall–Kier alpha value is -1.71. The van der Waals surface area contributed by atoms with Gasteiger partial charge in [-0.25, -0.2) is 0 Å². The van der Waals surface area contributed by atoms with Gasteiger partial charge in [0.1, 0.15) is 13.2 Å². The lowest BCUT2D eigenvalue weighted by Crippen LogP contribution is -2.18. The molecule has 0 atom stereocenters. The van der Waals surface area contributed by atoms with Gasteiger partial charge in [-0.2, -0.15) is 0 Å². The lowest BCUT2D eigenvalue weighted by Gasteiger charge is -2.28. The summed E-state index contributed by atoms with van der Waals surface area (Å²) in [7, 11) is 0. The fourth-order valence-corrected chi connectivity index (χ4v) is 3.26. The summed E-state index contributed by atoms with van der Waals surface area (Å²) in [5.41, 5.74) is 1.29. The van der Waals surface area contributed by atoms with E-state index < -0.39 is 5.97 Å². The molecule has 1 aromatic carbocycles. The second kappa shape index (κ2) is 5.73. The lowest BCUT2D eigenvalue weighted by molar-refractivity contribution is -0.138. The standard InChI is InChI=1S/C16H20O4/c17-16(18)9-11-1-3-12(4-2-11)13-5-6-14-15(10-13)20-8-7-19-14/h5-6,10-12H,1-4,7-9H2,(H,17,18). The van der Waals surface area contributed by atoms with Crippen molar-refractivity contribution < 1.29 is 19.4 Å². The molecule has 0 saturated heterocycles. The normalized spacial score (nSPS) is 25.2. The number of carbonyl (C=O) groups is 1. The van der Waals surface area contributed by atoms with Crippen LogP contribution in [0, 0.1) is 5.92 Å². The molecule has 4 nitrogen and oxygen atoms in total. The molecule has 0 amide bonds. The number of carboxylic acid groups (broad SMARTS) is 1. The van der Waals surface area contributed by atoms with E-state index in [9.17, 15) is 4.79 Å². The number of carboxylic acids is 1. The first-order valence-corrected chi connectivity index (χ1v) is 7.33. The average Bonchev–Trinajstić information content (AvgIpc) is 2.47. The molecule has 20 heavy (non-hydrogen) atoms. The van der Waals surface area contributed by atoms with E-state index in [1.165, 1.54) is 5.56 Å². The summed E-state index contributed by atoms with van der Waals surface area (Å²) < 4.78 is 11.2. The van der Waals surface area contributed by atoms with Crippen LogP contribution in [0.1, 0.15) is 43.6 Å². The van der Waals surface area contributed by atoms with Crippen LogP contribution in [0.15, 0.2) is 18.2 Å². The van der Waals surface area contributed by atoms with Gasteiger partial charge in [0.2, 0.25) is 0 Å². The zero-order valence-electron chi connectivity index (χ0n) is 11.5. The molecule has 1 aliphatic carbocycles. The van der Waals surface area contributed by atoms with Crippen LogP contribution in [0.4, 0.5) is 0 Å². The first-order chi connectivity index (χ1) is 9.72. The first-order valence-electron chi connectivity index (χ1n) is 7.33. The number of ether oxygens (including phenoxy) is 2. The summed E-state index contributed by atoms with van der Waals surface area (Å²) in [6.07, 6.45) is 4.46. The molecule has 2 aliphatic rings. The Balaban J connectivity index is 1.64. The summed E-state index contributed by atoms with van der Waals surface area (Å²) in [5, 5.41) is 8.85. The Morgan fingerprint density at radius 3 is 2.50 bits per heavy atom. The van der Waals surface area contributed by atoms with Crippen LogP contribution in [-0.2, 0) is 4.79 Å². The van der Waals surface area contributed by atoms with E-state index in [0.29, 0.717) is 31.5 Å². The highest BCUT2D eigenvalue weighted by molar-refractivity contribution is 5.67. The topological polar surface area (TPSA) is 55.8 Å². The highest BCUT2D eigenvalue weighted by Gasteiger charge is 2.25. The lowest BCUT2D eigenvalue weighted by atomic mass is 9.77. The highest BCUT2D eigenvalue weighted by atomic mass is 16.6. The molecule has 0 aromatic heterocycles. The maximum Gasteiger partial charge on any atom is 0.303 e. The highest BCUT2D eigenvalue weighted by Crippen LogP contribution is 2.40. The largest absolute Gasteiger partial charge is 0.486 e. The summed E-state index contributed by atoms with van der Waals surface area (Å²) in [6, 6.07) is 6.21. The van der Waals surface area contributed by atoms with E-state index in [0.717, 1.165) is 37.2 Å². The summed E-state index contributed by atoms with van der Waals surface area (Å²) in [6.45, 7) is 1.23. The molecule has 1 saturated carbocycles. The van der Waals surface area contributed by atoms with Crippen molar-refractivity contribution in [1.82, 2.24) is 0 Å². The number of rotatable bonds is 3. The molecule has 1 N–H and O–H groups in total. The van der Waals surface area contributed by atoms with Crippen LogP contribution in [-0.4, -0.2) is 24.3 Å². The van der Waals surface area contributed by atoms with Crippen LogP contribution in [0.5, 0.6) is 11.5 Å². The molecule has 0 unspecified atom stereocenters. The van der Waals surface area contributed by atoms with E-state index in [4.69, 9.17) is 14.6 Å². The monoisotopic (exact) mass is 276 g/mol. The van der Waals surface area contributed by atoms with Crippen molar-refractivity contribution in [3.63, 3.8) is 0 Å². The maximum atomic E-state index is 10.7. The Bertz CT molecular complexity index is 489. The number of hydrogen-bond acceptors (Lipinski definition) is 3. The third-order valence-electron chi connectivity index (χ3n) is 4.35. The van der Waals surface area contributed by atoms with Gasteiger partial charge in [0.15, 0.2) is 11.5 Å². The molecule has 1 aromatic rings. The quantitative estimate of drug-likeness (QED) is 0.921. The molecular weight excluding hydrogens is 256 g/mol. The van der Waals surface area contributed by atoms with Crippen molar-refractivity contribution in [2.75, 3.05) is 13.2 Å². The molecule has 0 spiro atoms. The molecular formula is C16H20O4. The van der Waals surface area contributed by atoms with Gasteiger partial charge in [0, 0.05) is 6.42 Å². The molecule has 1 heterocycles. The van der Waals surface area contributed by atoms with E-state index in [1.54, 1.807) is 0 Å². The minimum Gasteiger partial charge on any atom is -0.486 e.